The number of carbonyl (C=O) groups excluding carboxylic acids is 1. The number of hydrogen-bond donors (Lipinski definition) is 1. The minimum Gasteiger partial charge on any atom is -0.355 e. The van der Waals surface area contributed by atoms with Gasteiger partial charge in [-0.3, -0.25) is 9.69 Å². The average Bonchev–Trinajstić information content (AvgIpc) is 3.46. The predicted molar refractivity (Wildman–Crippen MR) is 116 cm³/mol. The van der Waals surface area contributed by atoms with E-state index in [4.69, 9.17) is 4.98 Å². The Kier molecular flexibility index (Phi) is 5.16. The van der Waals surface area contributed by atoms with Gasteiger partial charge in [0.15, 0.2) is 0 Å². The molecule has 0 spiro atoms. The average molecular weight is 408 g/mol. The summed E-state index contributed by atoms with van der Waals surface area (Å²) < 4.78 is 0. The predicted octanol–water partition coefficient (Wildman–Crippen LogP) is 3.30. The van der Waals surface area contributed by atoms with Crippen molar-refractivity contribution in [2.75, 3.05) is 31.1 Å². The molecular formula is C22H25N5OS. The Morgan fingerprint density at radius 3 is 2.90 bits per heavy atom. The Hall–Kier alpha value is -2.51. The number of nitrogens with one attached hydrogen (secondary N) is 1. The molecule has 5 rings (SSSR count). The van der Waals surface area contributed by atoms with E-state index < -0.39 is 0 Å². The van der Waals surface area contributed by atoms with E-state index in [1.165, 1.54) is 0 Å². The molecule has 7 heteroatoms. The number of anilines is 1. The second kappa shape index (κ2) is 8.08. The molecule has 1 saturated heterocycles. The zero-order valence-corrected chi connectivity index (χ0v) is 17.2. The third kappa shape index (κ3) is 4.26. The van der Waals surface area contributed by atoms with E-state index in [0.717, 1.165) is 80.0 Å². The highest BCUT2D eigenvalue weighted by Gasteiger charge is 2.26. The molecule has 1 N–H and O–H groups in total. The van der Waals surface area contributed by atoms with Gasteiger partial charge in [-0.05, 0) is 31.4 Å². The number of thiazole rings is 1. The summed E-state index contributed by atoms with van der Waals surface area (Å²) in [4.78, 5) is 27.0. The van der Waals surface area contributed by atoms with Gasteiger partial charge < -0.3 is 10.2 Å². The lowest BCUT2D eigenvalue weighted by molar-refractivity contribution is 0.0952. The Labute approximate surface area is 174 Å². The number of fused-ring (bicyclic) bond motifs is 1. The van der Waals surface area contributed by atoms with Crippen molar-refractivity contribution in [1.82, 2.24) is 20.2 Å². The number of nitrogens with zero attached hydrogens (tertiary/aromatic N) is 4. The van der Waals surface area contributed by atoms with Crippen molar-refractivity contribution in [3.05, 3.63) is 52.5 Å². The molecule has 1 aromatic carbocycles. The second-order valence-corrected chi connectivity index (χ2v) is 8.61. The van der Waals surface area contributed by atoms with Gasteiger partial charge in [0.1, 0.15) is 5.82 Å². The topological polar surface area (TPSA) is 61.4 Å². The minimum atomic E-state index is 0.0207. The van der Waals surface area contributed by atoms with Gasteiger partial charge in [-0.1, -0.05) is 18.2 Å². The molecule has 0 bridgehead atoms. The van der Waals surface area contributed by atoms with Crippen LogP contribution in [0.25, 0.3) is 10.9 Å². The number of benzene rings is 1. The number of aromatic nitrogens is 2. The van der Waals surface area contributed by atoms with Crippen LogP contribution in [0.5, 0.6) is 0 Å². The fourth-order valence-corrected chi connectivity index (χ4v) is 4.45. The SMILES string of the molecule is O=C(NC1CC1)c1cc(N2CCCN(Cc3cscn3)CC2)nc2ccccc12. The summed E-state index contributed by atoms with van der Waals surface area (Å²) in [5, 5.41) is 6.19. The molecule has 1 aliphatic carbocycles. The van der Waals surface area contributed by atoms with E-state index in [1.54, 1.807) is 11.3 Å². The number of pyridine rings is 1. The van der Waals surface area contributed by atoms with Crippen molar-refractivity contribution in [3.8, 4) is 0 Å². The monoisotopic (exact) mass is 407 g/mol. The lowest BCUT2D eigenvalue weighted by Crippen LogP contribution is -2.31. The van der Waals surface area contributed by atoms with Crippen LogP contribution in [-0.2, 0) is 6.54 Å². The molecule has 3 aromatic rings. The summed E-state index contributed by atoms with van der Waals surface area (Å²) in [6.07, 6.45) is 3.24. The van der Waals surface area contributed by atoms with Crippen molar-refractivity contribution in [2.24, 2.45) is 0 Å². The first-order valence-electron chi connectivity index (χ1n) is 10.3. The first-order chi connectivity index (χ1) is 14.3. The van der Waals surface area contributed by atoms with Gasteiger partial charge in [0, 0.05) is 49.5 Å². The van der Waals surface area contributed by atoms with Gasteiger partial charge in [-0.2, -0.15) is 0 Å². The van der Waals surface area contributed by atoms with E-state index in [2.05, 4.69) is 25.5 Å². The first kappa shape index (κ1) is 18.5. The van der Waals surface area contributed by atoms with Gasteiger partial charge in [0.25, 0.3) is 5.91 Å². The molecule has 0 radical (unpaired) electrons. The van der Waals surface area contributed by atoms with Gasteiger partial charge in [0.05, 0.1) is 22.3 Å². The number of hydrogen-bond acceptors (Lipinski definition) is 6. The molecule has 1 saturated carbocycles. The van der Waals surface area contributed by atoms with Gasteiger partial charge >= 0.3 is 0 Å². The van der Waals surface area contributed by atoms with Crippen molar-refractivity contribution >= 4 is 34.0 Å². The lowest BCUT2D eigenvalue weighted by Gasteiger charge is -2.23. The molecule has 29 heavy (non-hydrogen) atoms. The van der Waals surface area contributed by atoms with Crippen LogP contribution in [0.15, 0.2) is 41.2 Å². The van der Waals surface area contributed by atoms with Crippen molar-refractivity contribution in [2.45, 2.75) is 31.8 Å². The number of para-hydroxylation sites is 1. The smallest absolute Gasteiger partial charge is 0.252 e. The molecule has 150 valence electrons. The Balaban J connectivity index is 1.38. The summed E-state index contributed by atoms with van der Waals surface area (Å²) in [7, 11) is 0. The zero-order valence-electron chi connectivity index (χ0n) is 16.4. The molecule has 3 heterocycles. The summed E-state index contributed by atoms with van der Waals surface area (Å²) in [6, 6.07) is 10.3. The quantitative estimate of drug-likeness (QED) is 0.703. The summed E-state index contributed by atoms with van der Waals surface area (Å²) in [5.41, 5.74) is 4.66. The maximum Gasteiger partial charge on any atom is 0.252 e. The molecule has 1 aliphatic heterocycles. The van der Waals surface area contributed by atoms with E-state index in [0.29, 0.717) is 6.04 Å². The molecule has 2 fully saturated rings. The van der Waals surface area contributed by atoms with E-state index in [-0.39, 0.29) is 5.91 Å². The summed E-state index contributed by atoms with van der Waals surface area (Å²) >= 11 is 1.65. The van der Waals surface area contributed by atoms with Crippen LogP contribution in [0.2, 0.25) is 0 Å². The van der Waals surface area contributed by atoms with Crippen molar-refractivity contribution in [1.29, 1.82) is 0 Å². The maximum atomic E-state index is 12.9. The van der Waals surface area contributed by atoms with E-state index in [1.807, 2.05) is 35.8 Å². The van der Waals surface area contributed by atoms with Crippen molar-refractivity contribution in [3.63, 3.8) is 0 Å². The minimum absolute atomic E-state index is 0.0207. The Morgan fingerprint density at radius 1 is 1.17 bits per heavy atom. The highest BCUT2D eigenvalue weighted by molar-refractivity contribution is 7.07. The molecular weight excluding hydrogens is 382 g/mol. The van der Waals surface area contributed by atoms with Crippen LogP contribution in [0.4, 0.5) is 5.82 Å². The number of rotatable bonds is 5. The maximum absolute atomic E-state index is 12.9. The standard InChI is InChI=1S/C22H25N5OS/c28-22(24-16-6-7-16)19-12-21(25-20-5-2-1-4-18(19)20)27-9-3-8-26(10-11-27)13-17-14-29-15-23-17/h1-2,4-5,12,14-16H,3,6-11,13H2,(H,24,28). The third-order valence-corrected chi connectivity index (χ3v) is 6.28. The molecule has 0 unspecified atom stereocenters. The first-order valence-corrected chi connectivity index (χ1v) is 11.3. The fraction of sp³-hybridized carbons (Fsp3) is 0.409. The molecule has 1 amide bonds. The molecule has 0 atom stereocenters. The summed E-state index contributed by atoms with van der Waals surface area (Å²) in [5.74, 6) is 0.924. The van der Waals surface area contributed by atoms with Crippen molar-refractivity contribution < 1.29 is 4.79 Å². The number of amides is 1. The fourth-order valence-electron chi connectivity index (χ4n) is 3.90. The van der Waals surface area contributed by atoms with Gasteiger partial charge in [-0.15, -0.1) is 11.3 Å². The van der Waals surface area contributed by atoms with Crippen LogP contribution in [0, 0.1) is 0 Å². The largest absolute Gasteiger partial charge is 0.355 e. The molecule has 2 aliphatic rings. The van der Waals surface area contributed by atoms with Crippen LogP contribution in [0.1, 0.15) is 35.3 Å². The highest BCUT2D eigenvalue weighted by atomic mass is 32.1. The highest BCUT2D eigenvalue weighted by Crippen LogP contribution is 2.26. The second-order valence-electron chi connectivity index (χ2n) is 7.89. The van der Waals surface area contributed by atoms with Crippen LogP contribution >= 0.6 is 11.3 Å². The molecule has 2 aromatic heterocycles. The third-order valence-electron chi connectivity index (χ3n) is 5.64. The van der Waals surface area contributed by atoms with Crippen LogP contribution in [-0.4, -0.2) is 53.0 Å². The number of carbonyl (C=O) groups is 1. The zero-order chi connectivity index (χ0) is 19.6. The van der Waals surface area contributed by atoms with Gasteiger partial charge in [-0.25, -0.2) is 9.97 Å². The Morgan fingerprint density at radius 2 is 2.07 bits per heavy atom. The lowest BCUT2D eigenvalue weighted by atomic mass is 10.1. The van der Waals surface area contributed by atoms with E-state index >= 15 is 0 Å². The van der Waals surface area contributed by atoms with Gasteiger partial charge in [0.2, 0.25) is 0 Å². The van der Waals surface area contributed by atoms with Crippen LogP contribution in [0.3, 0.4) is 0 Å². The molecule has 6 nitrogen and oxygen atoms in total. The van der Waals surface area contributed by atoms with Crippen LogP contribution < -0.4 is 10.2 Å². The summed E-state index contributed by atoms with van der Waals surface area (Å²) in [6.45, 7) is 4.77. The van der Waals surface area contributed by atoms with E-state index in [9.17, 15) is 4.79 Å². The Bertz CT molecular complexity index is 1000. The normalized spacial score (nSPS) is 18.0.